The first-order valence-corrected chi connectivity index (χ1v) is 9.60. The molecular weight excluding hydrogens is 324 g/mol. The Bertz CT molecular complexity index is 845. The number of thiazole rings is 1. The standard InChI is InChI=1S/C18H18N2OS2/c1-12-19-14-7-6-13(11-15(14)23-12)20-17(21)18(8-2-3-9-18)16-5-4-10-22-16/h4-7,10-11H,2-3,8-9H2,1H3,(H,20,21). The van der Waals surface area contributed by atoms with Gasteiger partial charge in [-0.2, -0.15) is 0 Å². The van der Waals surface area contributed by atoms with Crippen LogP contribution < -0.4 is 5.32 Å². The van der Waals surface area contributed by atoms with E-state index in [9.17, 15) is 4.79 Å². The van der Waals surface area contributed by atoms with Crippen LogP contribution in [0.4, 0.5) is 5.69 Å². The number of aryl methyl sites for hydroxylation is 1. The van der Waals surface area contributed by atoms with Crippen molar-refractivity contribution in [2.75, 3.05) is 5.32 Å². The second kappa shape index (κ2) is 5.73. The summed E-state index contributed by atoms with van der Waals surface area (Å²) in [5, 5.41) is 6.28. The molecule has 2 heterocycles. The Morgan fingerprint density at radius 2 is 2.09 bits per heavy atom. The van der Waals surface area contributed by atoms with E-state index >= 15 is 0 Å². The summed E-state index contributed by atoms with van der Waals surface area (Å²) >= 11 is 3.36. The number of thiophene rings is 1. The van der Waals surface area contributed by atoms with E-state index in [1.807, 2.05) is 31.2 Å². The molecule has 0 aliphatic heterocycles. The van der Waals surface area contributed by atoms with E-state index in [4.69, 9.17) is 0 Å². The van der Waals surface area contributed by atoms with Gasteiger partial charge >= 0.3 is 0 Å². The van der Waals surface area contributed by atoms with Crippen molar-refractivity contribution in [2.24, 2.45) is 0 Å². The molecule has 23 heavy (non-hydrogen) atoms. The van der Waals surface area contributed by atoms with E-state index in [0.717, 1.165) is 46.6 Å². The molecule has 4 rings (SSSR count). The zero-order chi connectivity index (χ0) is 15.9. The van der Waals surface area contributed by atoms with Crippen molar-refractivity contribution in [2.45, 2.75) is 38.0 Å². The molecule has 1 fully saturated rings. The van der Waals surface area contributed by atoms with Crippen LogP contribution in [0.2, 0.25) is 0 Å². The van der Waals surface area contributed by atoms with Gasteiger partial charge in [-0.25, -0.2) is 4.98 Å². The molecule has 1 amide bonds. The van der Waals surface area contributed by atoms with Crippen molar-refractivity contribution < 1.29 is 4.79 Å². The molecule has 0 bridgehead atoms. The monoisotopic (exact) mass is 342 g/mol. The number of hydrogen-bond acceptors (Lipinski definition) is 4. The van der Waals surface area contributed by atoms with Crippen molar-refractivity contribution in [3.8, 4) is 0 Å². The van der Waals surface area contributed by atoms with Gasteiger partial charge in [0.25, 0.3) is 0 Å². The summed E-state index contributed by atoms with van der Waals surface area (Å²) in [5.41, 5.74) is 1.53. The first-order valence-electron chi connectivity index (χ1n) is 7.90. The van der Waals surface area contributed by atoms with Gasteiger partial charge in [-0.05, 0) is 49.4 Å². The second-order valence-electron chi connectivity index (χ2n) is 6.14. The zero-order valence-electron chi connectivity index (χ0n) is 13.0. The van der Waals surface area contributed by atoms with Crippen LogP contribution >= 0.6 is 22.7 Å². The number of carbonyl (C=O) groups excluding carboxylic acids is 1. The van der Waals surface area contributed by atoms with Crippen molar-refractivity contribution in [1.29, 1.82) is 0 Å². The lowest BCUT2D eigenvalue weighted by Crippen LogP contribution is -2.37. The minimum atomic E-state index is -0.341. The molecule has 1 N–H and O–H groups in total. The van der Waals surface area contributed by atoms with Crippen LogP contribution in [-0.4, -0.2) is 10.9 Å². The van der Waals surface area contributed by atoms with Gasteiger partial charge in [0.1, 0.15) is 0 Å². The third kappa shape index (κ3) is 2.58. The average Bonchev–Trinajstić information content (AvgIpc) is 3.26. The lowest BCUT2D eigenvalue weighted by atomic mass is 9.83. The molecule has 0 unspecified atom stereocenters. The van der Waals surface area contributed by atoms with Crippen molar-refractivity contribution in [3.05, 3.63) is 45.6 Å². The van der Waals surface area contributed by atoms with Gasteiger partial charge in [0.15, 0.2) is 0 Å². The molecule has 3 nitrogen and oxygen atoms in total. The Morgan fingerprint density at radius 1 is 1.26 bits per heavy atom. The molecule has 3 aromatic rings. The number of anilines is 1. The molecule has 1 aliphatic rings. The van der Waals surface area contributed by atoms with Crippen molar-refractivity contribution in [1.82, 2.24) is 4.98 Å². The SMILES string of the molecule is Cc1nc2ccc(NC(=O)C3(c4cccs4)CCCC3)cc2s1. The molecule has 0 spiro atoms. The largest absolute Gasteiger partial charge is 0.325 e. The van der Waals surface area contributed by atoms with Crippen molar-refractivity contribution in [3.63, 3.8) is 0 Å². The molecular formula is C18H18N2OS2. The highest BCUT2D eigenvalue weighted by molar-refractivity contribution is 7.18. The minimum absolute atomic E-state index is 0.137. The average molecular weight is 342 g/mol. The van der Waals surface area contributed by atoms with E-state index in [1.165, 1.54) is 4.88 Å². The topological polar surface area (TPSA) is 42.0 Å². The summed E-state index contributed by atoms with van der Waals surface area (Å²) in [4.78, 5) is 18.7. The highest BCUT2D eigenvalue weighted by Gasteiger charge is 2.43. The lowest BCUT2D eigenvalue weighted by molar-refractivity contribution is -0.121. The molecule has 0 saturated heterocycles. The van der Waals surface area contributed by atoms with Crippen LogP contribution in [0.5, 0.6) is 0 Å². The first-order chi connectivity index (χ1) is 11.2. The van der Waals surface area contributed by atoms with Crippen LogP contribution in [0.15, 0.2) is 35.7 Å². The number of aromatic nitrogens is 1. The maximum absolute atomic E-state index is 13.1. The molecule has 1 saturated carbocycles. The zero-order valence-corrected chi connectivity index (χ0v) is 14.6. The Balaban J connectivity index is 1.64. The number of benzene rings is 1. The van der Waals surface area contributed by atoms with E-state index in [1.54, 1.807) is 22.7 Å². The van der Waals surface area contributed by atoms with E-state index < -0.39 is 0 Å². The van der Waals surface area contributed by atoms with Gasteiger partial charge in [0.2, 0.25) is 5.91 Å². The van der Waals surface area contributed by atoms with Crippen LogP contribution in [0.1, 0.15) is 35.6 Å². The number of nitrogens with one attached hydrogen (secondary N) is 1. The highest BCUT2D eigenvalue weighted by atomic mass is 32.1. The summed E-state index contributed by atoms with van der Waals surface area (Å²) in [6, 6.07) is 10.1. The summed E-state index contributed by atoms with van der Waals surface area (Å²) in [7, 11) is 0. The quantitative estimate of drug-likeness (QED) is 0.718. The van der Waals surface area contributed by atoms with E-state index in [-0.39, 0.29) is 11.3 Å². The minimum Gasteiger partial charge on any atom is -0.325 e. The molecule has 2 aromatic heterocycles. The van der Waals surface area contributed by atoms with E-state index in [2.05, 4.69) is 21.7 Å². The third-order valence-corrected chi connectivity index (χ3v) is 6.65. The fraction of sp³-hybridized carbons (Fsp3) is 0.333. The van der Waals surface area contributed by atoms with Gasteiger partial charge in [-0.3, -0.25) is 4.79 Å². The summed E-state index contributed by atoms with van der Waals surface area (Å²) in [6.07, 6.45) is 4.14. The summed E-state index contributed by atoms with van der Waals surface area (Å²) < 4.78 is 1.12. The third-order valence-electron chi connectivity index (χ3n) is 4.64. The Morgan fingerprint density at radius 3 is 2.83 bits per heavy atom. The maximum Gasteiger partial charge on any atom is 0.235 e. The highest BCUT2D eigenvalue weighted by Crippen LogP contribution is 2.44. The normalized spacial score (nSPS) is 16.7. The molecule has 0 radical (unpaired) electrons. The van der Waals surface area contributed by atoms with E-state index in [0.29, 0.717) is 0 Å². The van der Waals surface area contributed by atoms with Gasteiger partial charge in [-0.1, -0.05) is 18.9 Å². The second-order valence-corrected chi connectivity index (χ2v) is 8.32. The van der Waals surface area contributed by atoms with Crippen LogP contribution in [0, 0.1) is 6.92 Å². The first kappa shape index (κ1) is 14.8. The Kier molecular flexibility index (Phi) is 3.70. The molecule has 0 atom stereocenters. The number of rotatable bonds is 3. The summed E-state index contributed by atoms with van der Waals surface area (Å²) in [5.74, 6) is 0.137. The molecule has 5 heteroatoms. The Labute approximate surface area is 143 Å². The van der Waals surface area contributed by atoms with Gasteiger partial charge < -0.3 is 5.32 Å². The van der Waals surface area contributed by atoms with Gasteiger partial charge in [0, 0.05) is 10.6 Å². The van der Waals surface area contributed by atoms with Crippen LogP contribution in [0.25, 0.3) is 10.2 Å². The van der Waals surface area contributed by atoms with Crippen LogP contribution in [0.3, 0.4) is 0 Å². The number of fused-ring (bicyclic) bond motifs is 1. The lowest BCUT2D eigenvalue weighted by Gasteiger charge is -2.26. The fourth-order valence-electron chi connectivity index (χ4n) is 3.48. The number of nitrogens with zero attached hydrogens (tertiary/aromatic N) is 1. The summed E-state index contributed by atoms with van der Waals surface area (Å²) in [6.45, 7) is 2.01. The predicted octanol–water partition coefficient (Wildman–Crippen LogP) is 5.12. The Hall–Kier alpha value is -1.72. The number of carbonyl (C=O) groups is 1. The molecule has 1 aliphatic carbocycles. The number of amides is 1. The van der Waals surface area contributed by atoms with Crippen LogP contribution in [-0.2, 0) is 10.2 Å². The van der Waals surface area contributed by atoms with Crippen molar-refractivity contribution >= 4 is 44.5 Å². The molecule has 1 aromatic carbocycles. The maximum atomic E-state index is 13.1. The van der Waals surface area contributed by atoms with Gasteiger partial charge in [0.05, 0.1) is 20.6 Å². The number of hydrogen-bond donors (Lipinski definition) is 1. The smallest absolute Gasteiger partial charge is 0.235 e. The fourth-order valence-corrected chi connectivity index (χ4v) is 5.33. The molecule has 118 valence electrons. The predicted molar refractivity (Wildman–Crippen MR) is 97.5 cm³/mol. The van der Waals surface area contributed by atoms with Gasteiger partial charge in [-0.15, -0.1) is 22.7 Å².